The van der Waals surface area contributed by atoms with Gasteiger partial charge in [0.15, 0.2) is 0 Å². The highest BCUT2D eigenvalue weighted by molar-refractivity contribution is 5.75. The van der Waals surface area contributed by atoms with Crippen LogP contribution in [0.5, 0.6) is 0 Å². The van der Waals surface area contributed by atoms with Crippen LogP contribution >= 0.6 is 0 Å². The van der Waals surface area contributed by atoms with Crippen molar-refractivity contribution in [2.75, 3.05) is 0 Å². The van der Waals surface area contributed by atoms with Crippen LogP contribution in [0.1, 0.15) is 63.3 Å². The van der Waals surface area contributed by atoms with E-state index in [9.17, 15) is 4.79 Å². The molecule has 1 unspecified atom stereocenters. The highest BCUT2D eigenvalue weighted by Gasteiger charge is 2.00. The fraction of sp³-hybridized carbons (Fsp3) is 0.909. The molecule has 0 saturated heterocycles. The number of amides is 1. The van der Waals surface area contributed by atoms with E-state index in [-0.39, 0.29) is 35.6 Å². The highest BCUT2D eigenvalue weighted by atomic mass is 16.1. The van der Waals surface area contributed by atoms with Gasteiger partial charge in [0.25, 0.3) is 0 Å². The molecular weight excluding hydrogens is 162 g/mol. The first kappa shape index (κ1) is 29.4. The molecule has 0 bridgehead atoms. The Hall–Kier alpha value is -0.530. The molecule has 0 aromatic heterocycles. The van der Waals surface area contributed by atoms with Crippen molar-refractivity contribution >= 4 is 5.91 Å². The summed E-state index contributed by atoms with van der Waals surface area (Å²) >= 11 is 0. The molecule has 0 aliphatic carbocycles. The number of hydrogen-bond acceptors (Lipinski definition) is 1. The topological polar surface area (TPSA) is 29.1 Å². The van der Waals surface area contributed by atoms with Gasteiger partial charge in [0.1, 0.15) is 0 Å². The van der Waals surface area contributed by atoms with Crippen LogP contribution in [-0.4, -0.2) is 11.9 Å². The van der Waals surface area contributed by atoms with Gasteiger partial charge < -0.3 is 5.32 Å². The maximum Gasteiger partial charge on any atom is 0.219 e. The van der Waals surface area contributed by atoms with Crippen LogP contribution in [0.3, 0.4) is 0 Å². The van der Waals surface area contributed by atoms with Crippen LogP contribution in [0.25, 0.3) is 0 Å². The van der Waals surface area contributed by atoms with Gasteiger partial charge in [-0.05, 0) is 13.3 Å². The van der Waals surface area contributed by atoms with Crippen LogP contribution in [0, 0.1) is 0 Å². The minimum atomic E-state index is 0. The predicted octanol–water partition coefficient (Wildman–Crippen LogP) is 3.86. The Morgan fingerprint density at radius 2 is 1.54 bits per heavy atom. The average molecular weight is 193 g/mol. The number of rotatable bonds is 3. The molecule has 0 spiro atoms. The summed E-state index contributed by atoms with van der Waals surface area (Å²) in [4.78, 5) is 10.7. The van der Waals surface area contributed by atoms with E-state index in [1.807, 2.05) is 13.8 Å². The summed E-state index contributed by atoms with van der Waals surface area (Å²) in [6, 6.07) is 0.331. The van der Waals surface area contributed by atoms with Gasteiger partial charge in [0, 0.05) is 12.5 Å². The Morgan fingerprint density at radius 1 is 1.15 bits per heavy atom. The largest absolute Gasteiger partial charge is 0.354 e. The molecule has 1 atom stereocenters. The second kappa shape index (κ2) is 17.5. The Labute approximate surface area is 86.1 Å². The minimum absolute atomic E-state index is 0. The highest BCUT2D eigenvalue weighted by Crippen LogP contribution is 1.87. The first-order valence-electron chi connectivity index (χ1n) is 3.50. The molecule has 0 aromatic carbocycles. The van der Waals surface area contributed by atoms with Crippen LogP contribution in [0.2, 0.25) is 0 Å². The van der Waals surface area contributed by atoms with Crippen LogP contribution < -0.4 is 5.32 Å². The summed E-state index contributed by atoms with van der Waals surface area (Å²) in [6.45, 7) is 5.92. The lowest BCUT2D eigenvalue weighted by atomic mass is 10.2. The molecule has 1 N–H and O–H groups in total. The van der Waals surface area contributed by atoms with E-state index in [1.165, 1.54) is 0 Å². The average Bonchev–Trinajstić information content (AvgIpc) is 1.87. The minimum Gasteiger partial charge on any atom is -0.354 e. The monoisotopic (exact) mass is 193 g/mol. The third-order valence-electron chi connectivity index (χ3n) is 1.34. The molecule has 0 radical (unpaired) electrons. The smallest absolute Gasteiger partial charge is 0.219 e. The summed E-state index contributed by atoms with van der Waals surface area (Å²) < 4.78 is 0. The molecule has 0 saturated carbocycles. The maximum absolute atomic E-state index is 10.7. The Balaban J connectivity index is -0.0000000533. The molecule has 0 heterocycles. The van der Waals surface area contributed by atoms with Gasteiger partial charge in [-0.2, -0.15) is 0 Å². The molecule has 0 aliphatic heterocycles. The molecule has 86 valence electrons. The fourth-order valence-electron chi connectivity index (χ4n) is 0.479. The Morgan fingerprint density at radius 3 is 1.77 bits per heavy atom. The van der Waals surface area contributed by atoms with Crippen molar-refractivity contribution in [2.24, 2.45) is 0 Å². The molecule has 0 aromatic rings. The summed E-state index contributed by atoms with van der Waals surface area (Å²) in [5.74, 6) is 0.143. The third kappa shape index (κ3) is 18.4. The van der Waals surface area contributed by atoms with Crippen molar-refractivity contribution in [3.8, 4) is 0 Å². The van der Waals surface area contributed by atoms with E-state index in [0.29, 0.717) is 12.5 Å². The zero-order valence-electron chi connectivity index (χ0n) is 6.40. The van der Waals surface area contributed by atoms with E-state index < -0.39 is 0 Å². The number of carbonyl (C=O) groups is 1. The summed E-state index contributed by atoms with van der Waals surface area (Å²) in [5, 5.41) is 2.84. The normalized spacial score (nSPS) is 8.85. The van der Waals surface area contributed by atoms with Gasteiger partial charge in [0.2, 0.25) is 5.91 Å². The first-order valence-corrected chi connectivity index (χ1v) is 3.50. The number of hydrogen-bond donors (Lipinski definition) is 1. The van der Waals surface area contributed by atoms with Gasteiger partial charge in [-0.1, -0.05) is 43.6 Å². The van der Waals surface area contributed by atoms with Crippen LogP contribution in [-0.2, 0) is 4.79 Å². The van der Waals surface area contributed by atoms with Gasteiger partial charge in [-0.3, -0.25) is 4.79 Å². The molecule has 13 heavy (non-hydrogen) atoms. The van der Waals surface area contributed by atoms with Crippen molar-refractivity contribution in [3.05, 3.63) is 0 Å². The number of nitrogens with one attached hydrogen (secondary N) is 1. The second-order valence-electron chi connectivity index (χ2n) is 2.23. The van der Waals surface area contributed by atoms with Gasteiger partial charge in [0.05, 0.1) is 0 Å². The Kier molecular flexibility index (Phi) is 39.6. The van der Waals surface area contributed by atoms with Gasteiger partial charge in [-0.15, -0.1) is 0 Å². The lowest BCUT2D eigenvalue weighted by Gasteiger charge is -2.08. The van der Waals surface area contributed by atoms with Crippen molar-refractivity contribution in [3.63, 3.8) is 0 Å². The zero-order chi connectivity index (χ0) is 7.28. The molecule has 2 heteroatoms. The van der Waals surface area contributed by atoms with E-state index in [2.05, 4.69) is 12.2 Å². The van der Waals surface area contributed by atoms with Crippen molar-refractivity contribution in [2.45, 2.75) is 69.4 Å². The first-order chi connectivity index (χ1) is 4.20. The predicted molar refractivity (Wildman–Crippen MR) is 65.1 cm³/mol. The molecule has 2 nitrogen and oxygen atoms in total. The molecule has 0 aliphatic rings. The maximum atomic E-state index is 10.7. The van der Waals surface area contributed by atoms with Crippen LogP contribution in [0.4, 0.5) is 0 Å². The van der Waals surface area contributed by atoms with Crippen molar-refractivity contribution in [1.82, 2.24) is 5.32 Å². The summed E-state index contributed by atoms with van der Waals surface area (Å²) in [7, 11) is 0. The second-order valence-corrected chi connectivity index (χ2v) is 2.23. The van der Waals surface area contributed by atoms with E-state index in [4.69, 9.17) is 0 Å². The van der Waals surface area contributed by atoms with E-state index >= 15 is 0 Å². The van der Waals surface area contributed by atoms with Gasteiger partial charge in [-0.25, -0.2) is 0 Å². The molecule has 0 rings (SSSR count). The van der Waals surface area contributed by atoms with E-state index in [0.717, 1.165) is 6.42 Å². The standard InChI is InChI=1S/C7H15NO.4CH4/c1-4-6(3)8-7(9)5-2;;;;/h6H,4-5H2,1-3H3,(H,8,9);4*1H4. The molecular formula is C11H31NO. The lowest BCUT2D eigenvalue weighted by molar-refractivity contribution is -0.121. The summed E-state index contributed by atoms with van der Waals surface area (Å²) in [5.41, 5.74) is 0. The number of carbonyl (C=O) groups excluding carboxylic acids is 1. The summed E-state index contributed by atoms with van der Waals surface area (Å²) in [6.07, 6.45) is 1.59. The van der Waals surface area contributed by atoms with Crippen molar-refractivity contribution in [1.29, 1.82) is 0 Å². The van der Waals surface area contributed by atoms with Crippen LogP contribution in [0.15, 0.2) is 0 Å². The quantitative estimate of drug-likeness (QED) is 0.724. The third-order valence-corrected chi connectivity index (χ3v) is 1.34. The van der Waals surface area contributed by atoms with Crippen molar-refractivity contribution < 1.29 is 4.79 Å². The van der Waals surface area contributed by atoms with E-state index in [1.54, 1.807) is 0 Å². The Bertz CT molecular complexity index is 92.1. The fourth-order valence-corrected chi connectivity index (χ4v) is 0.479. The molecule has 0 fully saturated rings. The molecule has 1 amide bonds. The SMILES string of the molecule is C.C.C.C.CCC(=O)NC(C)CC. The lowest BCUT2D eigenvalue weighted by Crippen LogP contribution is -2.31. The van der Waals surface area contributed by atoms with Gasteiger partial charge >= 0.3 is 0 Å². The zero-order valence-corrected chi connectivity index (χ0v) is 6.40.